The SMILES string of the molecule is COc1ccccc1/C=C/C=N/NC(=O)c1nn(C)c(=O)c2ccccc12. The summed E-state index contributed by atoms with van der Waals surface area (Å²) < 4.78 is 6.40. The lowest BCUT2D eigenvalue weighted by Crippen LogP contribution is -2.27. The number of methoxy groups -OCH3 is 1. The lowest BCUT2D eigenvalue weighted by atomic mass is 10.1. The van der Waals surface area contributed by atoms with Crippen LogP contribution in [0.3, 0.4) is 0 Å². The number of hydrogen-bond donors (Lipinski definition) is 1. The lowest BCUT2D eigenvalue weighted by molar-refractivity contribution is 0.0950. The summed E-state index contributed by atoms with van der Waals surface area (Å²) in [7, 11) is 3.11. The molecular formula is C20H18N4O3. The maximum absolute atomic E-state index is 12.4. The zero-order valence-corrected chi connectivity index (χ0v) is 14.9. The smallest absolute Gasteiger partial charge is 0.292 e. The van der Waals surface area contributed by atoms with Gasteiger partial charge in [-0.1, -0.05) is 36.4 Å². The van der Waals surface area contributed by atoms with Crippen molar-refractivity contribution < 1.29 is 9.53 Å². The number of benzene rings is 2. The summed E-state index contributed by atoms with van der Waals surface area (Å²) in [4.78, 5) is 24.5. The van der Waals surface area contributed by atoms with E-state index in [1.165, 1.54) is 13.3 Å². The second kappa shape index (κ2) is 8.09. The van der Waals surface area contributed by atoms with Gasteiger partial charge in [0.05, 0.1) is 12.5 Å². The Morgan fingerprint density at radius 3 is 2.63 bits per heavy atom. The van der Waals surface area contributed by atoms with Crippen LogP contribution in [0.5, 0.6) is 5.75 Å². The number of fused-ring (bicyclic) bond motifs is 1. The van der Waals surface area contributed by atoms with Gasteiger partial charge in [-0.05, 0) is 24.3 Å². The largest absolute Gasteiger partial charge is 0.496 e. The predicted octanol–water partition coefficient (Wildman–Crippen LogP) is 2.37. The van der Waals surface area contributed by atoms with E-state index in [4.69, 9.17) is 4.74 Å². The van der Waals surface area contributed by atoms with E-state index in [-0.39, 0.29) is 11.3 Å². The monoisotopic (exact) mass is 362 g/mol. The van der Waals surface area contributed by atoms with E-state index in [0.717, 1.165) is 16.0 Å². The molecule has 0 aliphatic heterocycles. The van der Waals surface area contributed by atoms with Crippen LogP contribution in [0.2, 0.25) is 0 Å². The molecule has 1 aromatic heterocycles. The molecule has 0 unspecified atom stereocenters. The topological polar surface area (TPSA) is 85.6 Å². The molecule has 3 rings (SSSR count). The number of aryl methyl sites for hydroxylation is 1. The van der Waals surface area contributed by atoms with Gasteiger partial charge in [0.25, 0.3) is 11.5 Å². The number of carbonyl (C=O) groups is 1. The number of hydrogen-bond acceptors (Lipinski definition) is 5. The molecule has 0 aliphatic carbocycles. The summed E-state index contributed by atoms with van der Waals surface area (Å²) in [6.07, 6.45) is 4.95. The highest BCUT2D eigenvalue weighted by Crippen LogP contribution is 2.18. The van der Waals surface area contributed by atoms with Gasteiger partial charge in [-0.2, -0.15) is 10.2 Å². The fourth-order valence-corrected chi connectivity index (χ4v) is 2.61. The van der Waals surface area contributed by atoms with E-state index < -0.39 is 5.91 Å². The molecule has 1 heterocycles. The number of para-hydroxylation sites is 1. The Balaban J connectivity index is 1.76. The Morgan fingerprint density at radius 1 is 1.15 bits per heavy atom. The number of hydrazone groups is 1. The number of allylic oxidation sites excluding steroid dienone is 1. The number of amides is 1. The summed E-state index contributed by atoms with van der Waals surface area (Å²) in [5, 5.41) is 8.87. The molecule has 0 atom stereocenters. The Hall–Kier alpha value is -3.74. The zero-order valence-electron chi connectivity index (χ0n) is 14.9. The van der Waals surface area contributed by atoms with E-state index in [1.54, 1.807) is 37.5 Å². The number of rotatable bonds is 5. The van der Waals surface area contributed by atoms with E-state index in [9.17, 15) is 9.59 Å². The van der Waals surface area contributed by atoms with Gasteiger partial charge >= 0.3 is 0 Å². The van der Waals surface area contributed by atoms with Gasteiger partial charge in [0.15, 0.2) is 5.69 Å². The van der Waals surface area contributed by atoms with Crippen molar-refractivity contribution in [2.24, 2.45) is 12.1 Å². The van der Waals surface area contributed by atoms with Crippen molar-refractivity contribution in [1.82, 2.24) is 15.2 Å². The number of nitrogens with zero attached hydrogens (tertiary/aromatic N) is 3. The average molecular weight is 362 g/mol. The van der Waals surface area contributed by atoms with Crippen LogP contribution in [0.4, 0.5) is 0 Å². The van der Waals surface area contributed by atoms with Crippen molar-refractivity contribution in [1.29, 1.82) is 0 Å². The van der Waals surface area contributed by atoms with Crippen LogP contribution in [-0.4, -0.2) is 29.0 Å². The van der Waals surface area contributed by atoms with Crippen LogP contribution in [0.25, 0.3) is 16.8 Å². The third kappa shape index (κ3) is 3.92. The quantitative estimate of drug-likeness (QED) is 0.558. The molecule has 0 spiro atoms. The molecule has 1 N–H and O–H groups in total. The first-order valence-corrected chi connectivity index (χ1v) is 8.21. The number of ether oxygens (including phenoxy) is 1. The molecule has 27 heavy (non-hydrogen) atoms. The molecule has 136 valence electrons. The number of nitrogens with one attached hydrogen (secondary N) is 1. The van der Waals surface area contributed by atoms with Crippen LogP contribution in [-0.2, 0) is 7.05 Å². The Kier molecular flexibility index (Phi) is 5.41. The maximum atomic E-state index is 12.4. The second-order valence-electron chi connectivity index (χ2n) is 5.64. The fourth-order valence-electron chi connectivity index (χ4n) is 2.61. The molecule has 2 aromatic carbocycles. The van der Waals surface area contributed by atoms with Crippen molar-refractivity contribution in [3.8, 4) is 5.75 Å². The zero-order chi connectivity index (χ0) is 19.2. The Bertz CT molecular complexity index is 1100. The summed E-state index contributed by atoms with van der Waals surface area (Å²) in [5.74, 6) is 0.246. The van der Waals surface area contributed by atoms with Crippen LogP contribution in [0.1, 0.15) is 16.1 Å². The van der Waals surface area contributed by atoms with Gasteiger partial charge in [0.2, 0.25) is 0 Å². The van der Waals surface area contributed by atoms with Crippen LogP contribution >= 0.6 is 0 Å². The highest BCUT2D eigenvalue weighted by molar-refractivity contribution is 6.04. The van der Waals surface area contributed by atoms with Gasteiger partial charge in [-0.3, -0.25) is 9.59 Å². The molecule has 0 saturated heterocycles. The van der Waals surface area contributed by atoms with E-state index >= 15 is 0 Å². The van der Waals surface area contributed by atoms with Gasteiger partial charge in [0.1, 0.15) is 5.75 Å². The van der Waals surface area contributed by atoms with Crippen molar-refractivity contribution in [3.05, 3.63) is 76.2 Å². The minimum Gasteiger partial charge on any atom is -0.496 e. The number of aromatic nitrogens is 2. The first-order chi connectivity index (χ1) is 13.1. The molecule has 7 heteroatoms. The van der Waals surface area contributed by atoms with Crippen molar-refractivity contribution >= 4 is 29.0 Å². The standard InChI is InChI=1S/C20H18N4O3/c1-24-20(26)16-11-5-4-10-15(16)18(23-24)19(25)22-21-13-7-9-14-8-3-6-12-17(14)27-2/h3-13H,1-2H3,(H,22,25)/b9-7+,21-13+. The second-order valence-corrected chi connectivity index (χ2v) is 5.64. The highest BCUT2D eigenvalue weighted by Gasteiger charge is 2.14. The van der Waals surface area contributed by atoms with Gasteiger partial charge < -0.3 is 4.74 Å². The molecule has 0 radical (unpaired) electrons. The Morgan fingerprint density at radius 2 is 1.85 bits per heavy atom. The van der Waals surface area contributed by atoms with Crippen LogP contribution in [0.15, 0.2) is 64.5 Å². The van der Waals surface area contributed by atoms with Crippen LogP contribution < -0.4 is 15.7 Å². The van der Waals surface area contributed by atoms with Crippen molar-refractivity contribution in [2.45, 2.75) is 0 Å². The summed E-state index contributed by atoms with van der Waals surface area (Å²) in [6, 6.07) is 14.4. The predicted molar refractivity (Wildman–Crippen MR) is 105 cm³/mol. The summed E-state index contributed by atoms with van der Waals surface area (Å²) >= 11 is 0. The van der Waals surface area contributed by atoms with Crippen molar-refractivity contribution in [2.75, 3.05) is 7.11 Å². The first kappa shape index (κ1) is 18.1. The van der Waals surface area contributed by atoms with E-state index in [0.29, 0.717) is 10.8 Å². The van der Waals surface area contributed by atoms with Gasteiger partial charge in [0, 0.05) is 24.2 Å². The van der Waals surface area contributed by atoms with Gasteiger partial charge in [-0.25, -0.2) is 10.1 Å². The molecular weight excluding hydrogens is 344 g/mol. The normalized spacial score (nSPS) is 11.3. The van der Waals surface area contributed by atoms with E-state index in [1.807, 2.05) is 30.3 Å². The lowest BCUT2D eigenvalue weighted by Gasteiger charge is -2.06. The molecule has 1 amide bonds. The minimum absolute atomic E-state index is 0.138. The fraction of sp³-hybridized carbons (Fsp3) is 0.100. The van der Waals surface area contributed by atoms with Crippen LogP contribution in [0, 0.1) is 0 Å². The third-order valence-corrected chi connectivity index (χ3v) is 3.91. The first-order valence-electron chi connectivity index (χ1n) is 8.21. The molecule has 3 aromatic rings. The number of carbonyl (C=O) groups excluding carboxylic acids is 1. The van der Waals surface area contributed by atoms with Crippen molar-refractivity contribution in [3.63, 3.8) is 0 Å². The molecule has 0 aliphatic rings. The summed E-state index contributed by atoms with van der Waals surface area (Å²) in [6.45, 7) is 0. The van der Waals surface area contributed by atoms with Gasteiger partial charge in [-0.15, -0.1) is 0 Å². The van der Waals surface area contributed by atoms with E-state index in [2.05, 4.69) is 15.6 Å². The average Bonchev–Trinajstić information content (AvgIpc) is 2.70. The Labute approximate surface area is 155 Å². The minimum atomic E-state index is -0.497. The summed E-state index contributed by atoms with van der Waals surface area (Å²) in [5.41, 5.74) is 3.19. The third-order valence-electron chi connectivity index (χ3n) is 3.91. The molecule has 0 bridgehead atoms. The maximum Gasteiger partial charge on any atom is 0.292 e. The highest BCUT2D eigenvalue weighted by atomic mass is 16.5. The molecule has 0 saturated carbocycles. The molecule has 0 fully saturated rings. The molecule has 7 nitrogen and oxygen atoms in total.